The molecule has 0 aromatic carbocycles. The number of nitrogens with one attached hydrogen (secondary N) is 2. The molecule has 1 saturated heterocycles. The molecule has 1 aliphatic heterocycles. The van der Waals surface area contributed by atoms with Gasteiger partial charge < -0.3 is 36.7 Å². The Bertz CT molecular complexity index is 1070. The van der Waals surface area contributed by atoms with E-state index in [9.17, 15) is 19.8 Å². The molecule has 3 aromatic heterocycles. The maximum atomic E-state index is 12.5. The summed E-state index contributed by atoms with van der Waals surface area (Å²) < 4.78 is 6.87. The van der Waals surface area contributed by atoms with E-state index in [4.69, 9.17) is 16.2 Å². The highest BCUT2D eigenvalue weighted by Crippen LogP contribution is 2.32. The molecule has 8 N–H and O–H groups in total. The minimum Gasteiger partial charge on any atom is -0.479 e. The van der Waals surface area contributed by atoms with E-state index in [1.165, 1.54) is 29.7 Å². The first-order valence-corrected chi connectivity index (χ1v) is 8.89. The third-order valence-corrected chi connectivity index (χ3v) is 4.82. The molecule has 0 saturated carbocycles. The Kier molecular flexibility index (Phi) is 5.03. The van der Waals surface area contributed by atoms with Gasteiger partial charge in [0.15, 0.2) is 23.8 Å². The van der Waals surface area contributed by atoms with Gasteiger partial charge in [0.2, 0.25) is 5.91 Å². The molecular formula is C16H19N9O5. The highest BCUT2D eigenvalue weighted by molar-refractivity contribution is 5.84. The van der Waals surface area contributed by atoms with Crippen molar-refractivity contribution in [2.45, 2.75) is 36.9 Å². The molecule has 5 unspecified atom stereocenters. The van der Waals surface area contributed by atoms with Crippen LogP contribution in [0.4, 0.5) is 5.82 Å². The molecule has 3 aromatic rings. The molecule has 0 aliphatic carbocycles. The fourth-order valence-corrected chi connectivity index (χ4v) is 3.33. The number of nitrogens with zero attached hydrogens (tertiary/aromatic N) is 5. The van der Waals surface area contributed by atoms with E-state index >= 15 is 0 Å². The van der Waals surface area contributed by atoms with Gasteiger partial charge in [-0.2, -0.15) is 0 Å². The third kappa shape index (κ3) is 3.42. The number of aliphatic hydroxyl groups is 1. The number of H-pyrrole nitrogens is 1. The summed E-state index contributed by atoms with van der Waals surface area (Å²) in [5.41, 5.74) is 12.8. The summed E-state index contributed by atoms with van der Waals surface area (Å²) >= 11 is 0. The standard InChI is InChI=1S/C16H19N9O5/c17-7(1-6-2-19-3-20-6)14(27)24-8-10(26)15(30-11(8)16(28)29)25-5-23-9-12(18)21-4-22-13(9)25/h2-5,7-8,10-11,15,26H,1,17H2,(H,19,20)(H,24,27)(H,28,29)(H2,18,21,22). The quantitative estimate of drug-likeness (QED) is 0.246. The van der Waals surface area contributed by atoms with Crippen LogP contribution in [-0.2, 0) is 20.7 Å². The van der Waals surface area contributed by atoms with Crippen LogP contribution >= 0.6 is 0 Å². The molecule has 1 amide bonds. The van der Waals surface area contributed by atoms with Crippen LogP contribution in [-0.4, -0.2) is 75.9 Å². The predicted octanol–water partition coefficient (Wildman–Crippen LogP) is -2.47. The minimum absolute atomic E-state index is 0.121. The van der Waals surface area contributed by atoms with Gasteiger partial charge in [-0.3, -0.25) is 9.36 Å². The number of carboxylic acids is 1. The number of hydrogen-bond donors (Lipinski definition) is 6. The zero-order valence-electron chi connectivity index (χ0n) is 15.4. The number of rotatable bonds is 6. The number of amides is 1. The van der Waals surface area contributed by atoms with E-state index in [1.54, 1.807) is 0 Å². The molecule has 4 rings (SSSR count). The number of aromatic nitrogens is 6. The van der Waals surface area contributed by atoms with Gasteiger partial charge in [-0.15, -0.1) is 0 Å². The van der Waals surface area contributed by atoms with E-state index in [2.05, 4.69) is 30.2 Å². The molecule has 1 fully saturated rings. The second-order valence-electron chi connectivity index (χ2n) is 6.78. The smallest absolute Gasteiger partial charge is 0.335 e. The van der Waals surface area contributed by atoms with Crippen LogP contribution in [0.1, 0.15) is 11.9 Å². The monoisotopic (exact) mass is 417 g/mol. The van der Waals surface area contributed by atoms with Gasteiger partial charge >= 0.3 is 5.97 Å². The minimum atomic E-state index is -1.52. The maximum absolute atomic E-state index is 12.5. The van der Waals surface area contributed by atoms with Crippen LogP contribution in [0.3, 0.4) is 0 Å². The number of ether oxygens (including phenoxy) is 1. The number of aromatic amines is 1. The molecular weight excluding hydrogens is 398 g/mol. The molecule has 0 spiro atoms. The van der Waals surface area contributed by atoms with Crippen molar-refractivity contribution in [2.24, 2.45) is 5.73 Å². The fourth-order valence-electron chi connectivity index (χ4n) is 3.33. The highest BCUT2D eigenvalue weighted by atomic mass is 16.6. The lowest BCUT2D eigenvalue weighted by atomic mass is 10.1. The molecule has 5 atom stereocenters. The van der Waals surface area contributed by atoms with Crippen molar-refractivity contribution in [3.05, 3.63) is 30.9 Å². The molecule has 0 bridgehead atoms. The van der Waals surface area contributed by atoms with Crippen molar-refractivity contribution < 1.29 is 24.5 Å². The van der Waals surface area contributed by atoms with E-state index in [0.717, 1.165) is 0 Å². The molecule has 4 heterocycles. The Morgan fingerprint density at radius 3 is 2.87 bits per heavy atom. The Morgan fingerprint density at radius 1 is 1.37 bits per heavy atom. The highest BCUT2D eigenvalue weighted by Gasteiger charge is 2.49. The lowest BCUT2D eigenvalue weighted by Gasteiger charge is -2.22. The Morgan fingerprint density at radius 2 is 2.17 bits per heavy atom. The van der Waals surface area contributed by atoms with Crippen molar-refractivity contribution in [1.82, 2.24) is 34.8 Å². The Labute approximate surface area is 168 Å². The Hall–Kier alpha value is -3.62. The zero-order chi connectivity index (χ0) is 21.4. The average molecular weight is 417 g/mol. The summed E-state index contributed by atoms with van der Waals surface area (Å²) in [7, 11) is 0. The van der Waals surface area contributed by atoms with Crippen LogP contribution in [0.5, 0.6) is 0 Å². The van der Waals surface area contributed by atoms with Crippen molar-refractivity contribution in [3.63, 3.8) is 0 Å². The number of carbonyl (C=O) groups is 2. The summed E-state index contributed by atoms with van der Waals surface area (Å²) in [4.78, 5) is 42.8. The second kappa shape index (κ2) is 7.66. The summed E-state index contributed by atoms with van der Waals surface area (Å²) in [6.07, 6.45) is 1.50. The molecule has 30 heavy (non-hydrogen) atoms. The number of carbonyl (C=O) groups excluding carboxylic acids is 1. The number of nitrogens with two attached hydrogens (primary N) is 2. The largest absolute Gasteiger partial charge is 0.479 e. The predicted molar refractivity (Wildman–Crippen MR) is 99.5 cm³/mol. The maximum Gasteiger partial charge on any atom is 0.335 e. The van der Waals surface area contributed by atoms with Crippen LogP contribution in [0, 0.1) is 0 Å². The summed E-state index contributed by atoms with van der Waals surface area (Å²) in [6.45, 7) is 0. The summed E-state index contributed by atoms with van der Waals surface area (Å²) in [5, 5.41) is 22.8. The van der Waals surface area contributed by atoms with Crippen LogP contribution < -0.4 is 16.8 Å². The van der Waals surface area contributed by atoms with Crippen molar-refractivity contribution in [2.75, 3.05) is 5.73 Å². The fraction of sp³-hybridized carbons (Fsp3) is 0.375. The third-order valence-electron chi connectivity index (χ3n) is 4.82. The lowest BCUT2D eigenvalue weighted by molar-refractivity contribution is -0.152. The average Bonchev–Trinajstić information content (AvgIpc) is 3.43. The van der Waals surface area contributed by atoms with Crippen LogP contribution in [0.15, 0.2) is 25.2 Å². The molecule has 1 aliphatic rings. The molecule has 0 radical (unpaired) electrons. The van der Waals surface area contributed by atoms with E-state index in [1.807, 2.05) is 0 Å². The summed E-state index contributed by atoms with van der Waals surface area (Å²) in [5.74, 6) is -1.88. The molecule has 158 valence electrons. The number of carboxylic acid groups (broad SMARTS) is 1. The van der Waals surface area contributed by atoms with Crippen molar-refractivity contribution in [3.8, 4) is 0 Å². The first-order valence-electron chi connectivity index (χ1n) is 8.89. The number of hydrogen-bond acceptors (Lipinski definition) is 10. The SMILES string of the molecule is Nc1ncnc2c1ncn2C1OC(C(=O)O)C(NC(=O)C(N)Cc2cnc[nH]2)C1O. The first-order chi connectivity index (χ1) is 14.4. The molecule has 14 heteroatoms. The topological polar surface area (TPSA) is 220 Å². The van der Waals surface area contributed by atoms with Gasteiger partial charge in [0, 0.05) is 18.3 Å². The molecule has 14 nitrogen and oxygen atoms in total. The van der Waals surface area contributed by atoms with Gasteiger partial charge in [0.1, 0.15) is 17.9 Å². The van der Waals surface area contributed by atoms with Gasteiger partial charge in [0.25, 0.3) is 0 Å². The number of nitrogen functional groups attached to an aromatic ring is 1. The van der Waals surface area contributed by atoms with Gasteiger partial charge in [-0.05, 0) is 0 Å². The van der Waals surface area contributed by atoms with Gasteiger partial charge in [-0.25, -0.2) is 24.7 Å². The number of imidazole rings is 2. The summed E-state index contributed by atoms with van der Waals surface area (Å²) in [6, 6.07) is -2.25. The zero-order valence-corrected chi connectivity index (χ0v) is 15.4. The van der Waals surface area contributed by atoms with Crippen molar-refractivity contribution >= 4 is 28.9 Å². The number of aliphatic hydroxyl groups excluding tert-OH is 1. The van der Waals surface area contributed by atoms with E-state index in [0.29, 0.717) is 5.69 Å². The number of anilines is 1. The lowest BCUT2D eigenvalue weighted by Crippen LogP contribution is -2.54. The number of aliphatic carboxylic acids is 1. The first kappa shape index (κ1) is 19.7. The number of fused-ring (bicyclic) bond motifs is 1. The normalized spacial score (nSPS) is 24.7. The van der Waals surface area contributed by atoms with E-state index in [-0.39, 0.29) is 23.4 Å². The van der Waals surface area contributed by atoms with Gasteiger partial charge in [-0.1, -0.05) is 0 Å². The van der Waals surface area contributed by atoms with Gasteiger partial charge in [0.05, 0.1) is 24.7 Å². The van der Waals surface area contributed by atoms with Crippen LogP contribution in [0.25, 0.3) is 11.2 Å². The van der Waals surface area contributed by atoms with Crippen LogP contribution in [0.2, 0.25) is 0 Å². The second-order valence-corrected chi connectivity index (χ2v) is 6.78. The van der Waals surface area contributed by atoms with Crippen molar-refractivity contribution in [1.29, 1.82) is 0 Å². The Balaban J connectivity index is 1.56. The van der Waals surface area contributed by atoms with E-state index < -0.39 is 42.4 Å².